The molecule has 12 aromatic heterocycles. The molecule has 37 heteroatoms. The van der Waals surface area contributed by atoms with Crippen LogP contribution in [0.5, 0.6) is 23.0 Å². The van der Waals surface area contributed by atoms with E-state index < -0.39 is 70.8 Å². The third-order valence-corrected chi connectivity index (χ3v) is 18.9. The number of hydrogen-bond acceptors (Lipinski definition) is 21. The lowest BCUT2D eigenvalue weighted by atomic mass is 10.2. The molecule has 4 atom stereocenters. The van der Waals surface area contributed by atoms with Gasteiger partial charge in [0, 0.05) is 74.4 Å². The number of benzene rings is 4. The number of carboxylic acid groups (broad SMARTS) is 1. The van der Waals surface area contributed by atoms with Crippen molar-refractivity contribution >= 4 is 23.7 Å². The Bertz CT molecular complexity index is 5860. The fraction of sp³-hybridized carbons (Fsp3) is 0.143. The summed E-state index contributed by atoms with van der Waals surface area (Å²) in [5.74, 6) is 1.24. The van der Waals surface area contributed by atoms with Crippen molar-refractivity contribution in [2.75, 3.05) is 26.4 Å². The van der Waals surface area contributed by atoms with E-state index in [2.05, 4.69) is 76.2 Å². The molecule has 20 rings (SSSR count). The second-order valence-corrected chi connectivity index (χ2v) is 27.2. The van der Waals surface area contributed by atoms with Gasteiger partial charge in [-0.15, -0.1) is 0 Å². The number of halogens is 4. The average Bonchev–Trinajstić information content (AvgIpc) is 1.69. The molecule has 0 saturated carbocycles. The van der Waals surface area contributed by atoms with Gasteiger partial charge in [0.25, 0.3) is 17.7 Å². The summed E-state index contributed by atoms with van der Waals surface area (Å²) in [6.07, 6.45) is 25.0. The van der Waals surface area contributed by atoms with E-state index in [-0.39, 0.29) is 42.9 Å². The van der Waals surface area contributed by atoms with Gasteiger partial charge in [0.15, 0.2) is 86.6 Å². The molecule has 608 valence electrons. The molecule has 4 aliphatic rings. The molecule has 3 amide bonds. The quantitative estimate of drug-likeness (QED) is 0.0596. The number of aromatic nitrogens is 20. The lowest BCUT2D eigenvalue weighted by molar-refractivity contribution is 0.0683. The van der Waals surface area contributed by atoms with Crippen LogP contribution in [0.3, 0.4) is 0 Å². The summed E-state index contributed by atoms with van der Waals surface area (Å²) < 4.78 is 92.0. The summed E-state index contributed by atoms with van der Waals surface area (Å²) in [7, 11) is 0. The maximum absolute atomic E-state index is 14.4. The van der Waals surface area contributed by atoms with Crippen molar-refractivity contribution in [2.24, 2.45) is 5.73 Å². The average molecular weight is 1640 g/mol. The summed E-state index contributed by atoms with van der Waals surface area (Å²) in [6.45, 7) is 2.27. The third-order valence-electron chi connectivity index (χ3n) is 18.9. The van der Waals surface area contributed by atoms with E-state index in [9.17, 15) is 36.7 Å². The number of imidazole rings is 4. The Balaban J connectivity index is 0.000000115. The van der Waals surface area contributed by atoms with Gasteiger partial charge in [-0.05, 0) is 70.8 Å². The zero-order valence-corrected chi connectivity index (χ0v) is 63.6. The summed E-state index contributed by atoms with van der Waals surface area (Å²) in [5.41, 5.74) is 8.36. The lowest BCUT2D eigenvalue weighted by Gasteiger charge is -2.15. The second-order valence-electron chi connectivity index (χ2n) is 27.2. The van der Waals surface area contributed by atoms with Gasteiger partial charge in [-0.2, -0.15) is 20.4 Å². The standard InChI is InChI=1S/3C21H17FN6O2.C11H9FN2O2.C10H10N4O/c3*22-15-12-27(11-14-5-2-1-3-6-14)26-18(15)21(29)25-16-13-30-17-7-4-8-23-20(17)28-10-9-24-19(16)28;12-9-7-14(13-10(9)11(15)16)6-8-4-2-1-3-5-8;11-7-6-15-8-2-1-3-12-10(8)14-5-4-13-9(7)14/h3*1-10,12,16H,11,13H2,(H,25,29);1-5,7H,6H2,(H,15,16);1-5,7H,6,11H2/t2*16-;;;/m10.../s1. The third kappa shape index (κ3) is 18.1. The summed E-state index contributed by atoms with van der Waals surface area (Å²) in [6, 6.07) is 50.2. The largest absolute Gasteiger partial charge is 0.488 e. The number of carboxylic acids is 1. The Kier molecular flexibility index (Phi) is 23.4. The van der Waals surface area contributed by atoms with Crippen LogP contribution < -0.4 is 40.6 Å². The minimum Gasteiger partial charge on any atom is -0.488 e. The highest BCUT2D eigenvalue weighted by atomic mass is 19.1. The fourth-order valence-corrected chi connectivity index (χ4v) is 13.3. The minimum absolute atomic E-state index is 0.133. The summed E-state index contributed by atoms with van der Waals surface area (Å²) in [5, 5.41) is 33.0. The predicted octanol–water partition coefficient (Wildman–Crippen LogP) is 9.97. The smallest absolute Gasteiger partial charge is 0.359 e. The number of nitrogens with one attached hydrogen (secondary N) is 3. The Morgan fingerprint density at radius 2 is 0.595 bits per heavy atom. The van der Waals surface area contributed by atoms with Gasteiger partial charge in [-0.25, -0.2) is 62.2 Å². The molecule has 0 bridgehead atoms. The first-order valence-corrected chi connectivity index (χ1v) is 37.5. The van der Waals surface area contributed by atoms with E-state index in [1.165, 1.54) is 37.3 Å². The van der Waals surface area contributed by atoms with Gasteiger partial charge >= 0.3 is 5.97 Å². The number of fused-ring (bicyclic) bond motifs is 12. The van der Waals surface area contributed by atoms with Gasteiger partial charge in [0.2, 0.25) is 5.69 Å². The molecule has 6 N–H and O–H groups in total. The Labute approximate surface area is 684 Å². The van der Waals surface area contributed by atoms with E-state index in [4.69, 9.17) is 29.8 Å². The number of nitrogens with zero attached hydrogens (tertiary/aromatic N) is 20. The minimum atomic E-state index is -1.36. The van der Waals surface area contributed by atoms with Crippen LogP contribution in [0.2, 0.25) is 0 Å². The molecule has 0 fully saturated rings. The van der Waals surface area contributed by atoms with Crippen LogP contribution in [0, 0.1) is 23.3 Å². The molecule has 4 aromatic carbocycles. The molecule has 0 saturated heterocycles. The first-order valence-electron chi connectivity index (χ1n) is 37.5. The zero-order chi connectivity index (χ0) is 83.3. The Hall–Kier alpha value is -16.1. The van der Waals surface area contributed by atoms with Crippen molar-refractivity contribution in [1.82, 2.24) is 113 Å². The summed E-state index contributed by atoms with van der Waals surface area (Å²) in [4.78, 5) is 83.4. The number of nitrogens with two attached hydrogens (primary N) is 1. The van der Waals surface area contributed by atoms with Crippen LogP contribution in [-0.4, -0.2) is 152 Å². The van der Waals surface area contributed by atoms with E-state index in [0.717, 1.165) is 45.8 Å². The van der Waals surface area contributed by atoms with Crippen LogP contribution in [0.4, 0.5) is 17.6 Å². The second kappa shape index (κ2) is 36.0. The number of ether oxygens (including phenoxy) is 4. The highest BCUT2D eigenvalue weighted by Crippen LogP contribution is 2.33. The van der Waals surface area contributed by atoms with Gasteiger partial charge in [0.05, 0.1) is 57.0 Å². The van der Waals surface area contributed by atoms with Gasteiger partial charge < -0.3 is 45.7 Å². The van der Waals surface area contributed by atoms with Crippen molar-refractivity contribution in [2.45, 2.75) is 50.3 Å². The van der Waals surface area contributed by atoms with Crippen molar-refractivity contribution in [1.29, 1.82) is 0 Å². The van der Waals surface area contributed by atoms with Crippen LogP contribution in [0.1, 0.15) is 112 Å². The van der Waals surface area contributed by atoms with Crippen molar-refractivity contribution < 1.29 is 60.8 Å². The van der Waals surface area contributed by atoms with Crippen molar-refractivity contribution in [3.8, 4) is 46.3 Å². The Morgan fingerprint density at radius 1 is 0.339 bits per heavy atom. The first-order chi connectivity index (χ1) is 59.1. The predicted molar refractivity (Wildman–Crippen MR) is 423 cm³/mol. The number of carbonyl (C=O) groups excluding carboxylic acids is 3. The van der Waals surface area contributed by atoms with Gasteiger partial charge in [-0.1, -0.05) is 121 Å². The highest BCUT2D eigenvalue weighted by Gasteiger charge is 2.33. The normalized spacial score (nSPS) is 14.8. The fourth-order valence-electron chi connectivity index (χ4n) is 13.3. The zero-order valence-electron chi connectivity index (χ0n) is 63.6. The lowest BCUT2D eigenvalue weighted by Crippen LogP contribution is -2.34. The van der Waals surface area contributed by atoms with E-state index in [1.807, 2.05) is 144 Å². The molecule has 0 radical (unpaired) electrons. The first kappa shape index (κ1) is 78.8. The Morgan fingerprint density at radius 3 is 0.876 bits per heavy atom. The van der Waals surface area contributed by atoms with Crippen LogP contribution in [0.25, 0.3) is 23.3 Å². The molecule has 16 aromatic rings. The number of rotatable bonds is 15. The number of amides is 3. The molecule has 0 aliphatic carbocycles. The molecule has 33 nitrogen and oxygen atoms in total. The molecular weight excluding hydrogens is 1570 g/mol. The van der Waals surface area contributed by atoms with E-state index in [1.54, 1.807) is 118 Å². The topological polar surface area (TPSA) is 382 Å². The monoisotopic (exact) mass is 1630 g/mol. The SMILES string of the molecule is NC1COc2cccnc2-n2ccnc21.O=C(NC1COc2cccnc2-n2ccnc21)c1nn(Cc2ccccc2)cc1F.O=C(N[C@@H]1COc2cccnc2-n2ccnc21)c1nn(Cc2ccccc2)cc1F.O=C(N[C@H]1COc2cccnc2-n2ccnc21)c1nn(Cc2ccccc2)cc1F.O=C(O)c1nn(Cc2ccccc2)cc1F. The van der Waals surface area contributed by atoms with Gasteiger partial charge in [0.1, 0.15) is 67.9 Å². The maximum atomic E-state index is 14.4. The van der Waals surface area contributed by atoms with Crippen molar-refractivity contribution in [3.05, 3.63) is 361 Å². The highest BCUT2D eigenvalue weighted by molar-refractivity contribution is 5.94. The van der Waals surface area contributed by atoms with E-state index >= 15 is 0 Å². The molecular formula is C84H70F4N24O9. The molecule has 0 spiro atoms. The molecule has 4 aliphatic heterocycles. The molecule has 2 unspecified atom stereocenters. The van der Waals surface area contributed by atoms with Crippen molar-refractivity contribution in [3.63, 3.8) is 0 Å². The van der Waals surface area contributed by atoms with Crippen LogP contribution >= 0.6 is 0 Å². The van der Waals surface area contributed by atoms with Crippen LogP contribution in [0.15, 0.2) is 269 Å². The molecule has 121 heavy (non-hydrogen) atoms. The van der Waals surface area contributed by atoms with Crippen LogP contribution in [-0.2, 0) is 26.2 Å². The molecule has 16 heterocycles. The number of pyridine rings is 4. The van der Waals surface area contributed by atoms with Gasteiger partial charge in [-0.3, -0.25) is 51.4 Å². The number of aromatic carboxylic acids is 1. The summed E-state index contributed by atoms with van der Waals surface area (Å²) >= 11 is 0. The number of carbonyl (C=O) groups is 4. The maximum Gasteiger partial charge on any atom is 0.359 e. The van der Waals surface area contributed by atoms with E-state index in [0.29, 0.717) is 85.0 Å². The number of hydrogen-bond donors (Lipinski definition) is 5.